The van der Waals surface area contributed by atoms with Crippen LogP contribution in [0, 0.1) is 13.8 Å². The zero-order valence-corrected chi connectivity index (χ0v) is 18.0. The van der Waals surface area contributed by atoms with E-state index in [1.54, 1.807) is 37.3 Å². The molecule has 29 heavy (non-hydrogen) atoms. The number of halogens is 2. The van der Waals surface area contributed by atoms with E-state index in [1.807, 2.05) is 6.92 Å². The number of carbonyl (C=O) groups is 1. The smallest absolute Gasteiger partial charge is 0.261 e. The fraction of sp³-hybridized carbons (Fsp3) is 0.0952. The molecule has 0 bridgehead atoms. The average Bonchev–Trinajstić information content (AvgIpc) is 2.66. The SMILES string of the molecule is Cc1cc(Cl)ccc1NC(=O)c1ccc(C)c(NS(=O)(=O)c2ccc(Cl)cc2)c1. The molecule has 0 spiro atoms. The number of nitrogens with one attached hydrogen (secondary N) is 2. The van der Waals surface area contributed by atoms with E-state index < -0.39 is 10.0 Å². The minimum atomic E-state index is -3.82. The summed E-state index contributed by atoms with van der Waals surface area (Å²) in [6.45, 7) is 3.59. The van der Waals surface area contributed by atoms with Crippen molar-refractivity contribution in [3.05, 3.63) is 87.4 Å². The van der Waals surface area contributed by atoms with Gasteiger partial charge in [0.05, 0.1) is 10.6 Å². The normalized spacial score (nSPS) is 11.2. The van der Waals surface area contributed by atoms with E-state index in [2.05, 4.69) is 10.0 Å². The molecule has 0 unspecified atom stereocenters. The van der Waals surface area contributed by atoms with Crippen LogP contribution in [0.25, 0.3) is 0 Å². The van der Waals surface area contributed by atoms with Crippen LogP contribution in [-0.2, 0) is 10.0 Å². The second-order valence-electron chi connectivity index (χ2n) is 6.50. The van der Waals surface area contributed by atoms with Crippen LogP contribution in [0.15, 0.2) is 65.6 Å². The number of amides is 1. The van der Waals surface area contributed by atoms with E-state index in [4.69, 9.17) is 23.2 Å². The maximum atomic E-state index is 12.7. The number of rotatable bonds is 5. The first-order chi connectivity index (χ1) is 13.7. The third-order valence-electron chi connectivity index (χ3n) is 4.30. The summed E-state index contributed by atoms with van der Waals surface area (Å²) in [5.74, 6) is -0.359. The second kappa shape index (κ2) is 8.45. The summed E-state index contributed by atoms with van der Waals surface area (Å²) < 4.78 is 27.8. The molecule has 5 nitrogen and oxygen atoms in total. The lowest BCUT2D eigenvalue weighted by Gasteiger charge is -2.13. The molecule has 3 rings (SSSR count). The molecule has 0 fully saturated rings. The van der Waals surface area contributed by atoms with Crippen molar-refractivity contribution in [2.45, 2.75) is 18.7 Å². The summed E-state index contributed by atoms with van der Waals surface area (Å²) in [5, 5.41) is 3.83. The number of hydrogen-bond acceptors (Lipinski definition) is 3. The van der Waals surface area contributed by atoms with Gasteiger partial charge in [-0.15, -0.1) is 0 Å². The van der Waals surface area contributed by atoms with E-state index in [1.165, 1.54) is 30.3 Å². The Morgan fingerprint density at radius 2 is 1.45 bits per heavy atom. The van der Waals surface area contributed by atoms with Gasteiger partial charge in [-0.25, -0.2) is 8.42 Å². The Kier molecular flexibility index (Phi) is 6.17. The highest BCUT2D eigenvalue weighted by Gasteiger charge is 2.17. The van der Waals surface area contributed by atoms with Crippen molar-refractivity contribution in [3.8, 4) is 0 Å². The van der Waals surface area contributed by atoms with Crippen LogP contribution >= 0.6 is 23.2 Å². The lowest BCUT2D eigenvalue weighted by Crippen LogP contribution is -2.16. The Balaban J connectivity index is 1.85. The van der Waals surface area contributed by atoms with Crippen LogP contribution < -0.4 is 10.0 Å². The standard InChI is InChI=1S/C21H18Cl2N2O3S/c1-13-3-4-15(21(26)24-19-10-7-17(23)11-14(19)2)12-20(13)25-29(27,28)18-8-5-16(22)6-9-18/h3-12,25H,1-2H3,(H,24,26). The predicted molar refractivity (Wildman–Crippen MR) is 118 cm³/mol. The van der Waals surface area contributed by atoms with Crippen LogP contribution in [0.4, 0.5) is 11.4 Å². The van der Waals surface area contributed by atoms with E-state index in [9.17, 15) is 13.2 Å². The molecule has 2 N–H and O–H groups in total. The van der Waals surface area contributed by atoms with Gasteiger partial charge in [0.2, 0.25) is 0 Å². The topological polar surface area (TPSA) is 75.3 Å². The zero-order valence-electron chi connectivity index (χ0n) is 15.7. The number of carbonyl (C=O) groups excluding carboxylic acids is 1. The Bertz CT molecular complexity index is 1180. The Hall–Kier alpha value is -2.54. The number of anilines is 2. The predicted octanol–water partition coefficient (Wildman–Crippen LogP) is 5.66. The number of benzene rings is 3. The summed E-state index contributed by atoms with van der Waals surface area (Å²) in [6.07, 6.45) is 0. The first-order valence-corrected chi connectivity index (χ1v) is 10.9. The summed E-state index contributed by atoms with van der Waals surface area (Å²) in [5.41, 5.74) is 2.77. The van der Waals surface area contributed by atoms with Gasteiger partial charge in [0, 0.05) is 21.3 Å². The van der Waals surface area contributed by atoms with Crippen LogP contribution in [0.1, 0.15) is 21.5 Å². The quantitative estimate of drug-likeness (QED) is 0.528. The van der Waals surface area contributed by atoms with Crippen LogP contribution in [0.2, 0.25) is 10.0 Å². The fourth-order valence-corrected chi connectivity index (χ4v) is 4.13. The van der Waals surface area contributed by atoms with Gasteiger partial charge in [-0.05, 0) is 79.6 Å². The van der Waals surface area contributed by atoms with Crippen molar-refractivity contribution in [2.75, 3.05) is 10.0 Å². The zero-order chi connectivity index (χ0) is 21.2. The maximum absolute atomic E-state index is 12.7. The van der Waals surface area contributed by atoms with Gasteiger partial charge in [-0.3, -0.25) is 9.52 Å². The summed E-state index contributed by atoms with van der Waals surface area (Å²) in [4.78, 5) is 12.7. The molecule has 0 radical (unpaired) electrons. The molecule has 0 aromatic heterocycles. The molecule has 1 amide bonds. The Morgan fingerprint density at radius 3 is 2.10 bits per heavy atom. The molecule has 3 aromatic carbocycles. The lowest BCUT2D eigenvalue weighted by atomic mass is 10.1. The van der Waals surface area contributed by atoms with Crippen molar-refractivity contribution in [2.24, 2.45) is 0 Å². The molecule has 0 heterocycles. The van der Waals surface area contributed by atoms with Crippen molar-refractivity contribution >= 4 is 50.5 Å². The van der Waals surface area contributed by atoms with Crippen molar-refractivity contribution in [1.29, 1.82) is 0 Å². The molecule has 0 saturated heterocycles. The van der Waals surface area contributed by atoms with Gasteiger partial charge >= 0.3 is 0 Å². The third-order valence-corrected chi connectivity index (χ3v) is 6.17. The summed E-state index contributed by atoms with van der Waals surface area (Å²) in [6, 6.07) is 15.8. The Labute approximate surface area is 179 Å². The maximum Gasteiger partial charge on any atom is 0.261 e. The van der Waals surface area contributed by atoms with Crippen LogP contribution in [0.3, 0.4) is 0 Å². The number of sulfonamides is 1. The van der Waals surface area contributed by atoms with Gasteiger partial charge in [0.15, 0.2) is 0 Å². The highest BCUT2D eigenvalue weighted by Crippen LogP contribution is 2.24. The first-order valence-electron chi connectivity index (χ1n) is 8.62. The minimum absolute atomic E-state index is 0.0768. The van der Waals surface area contributed by atoms with Gasteiger partial charge < -0.3 is 5.32 Å². The largest absolute Gasteiger partial charge is 0.322 e. The molecular formula is C21H18Cl2N2O3S. The summed E-state index contributed by atoms with van der Waals surface area (Å²) >= 11 is 11.8. The highest BCUT2D eigenvalue weighted by atomic mass is 35.5. The van der Waals surface area contributed by atoms with E-state index >= 15 is 0 Å². The lowest BCUT2D eigenvalue weighted by molar-refractivity contribution is 0.102. The van der Waals surface area contributed by atoms with Crippen molar-refractivity contribution in [3.63, 3.8) is 0 Å². The minimum Gasteiger partial charge on any atom is -0.322 e. The monoisotopic (exact) mass is 448 g/mol. The van der Waals surface area contributed by atoms with Crippen molar-refractivity contribution in [1.82, 2.24) is 0 Å². The molecule has 150 valence electrons. The van der Waals surface area contributed by atoms with Gasteiger partial charge in [0.25, 0.3) is 15.9 Å². The van der Waals surface area contributed by atoms with Crippen molar-refractivity contribution < 1.29 is 13.2 Å². The number of hydrogen-bond donors (Lipinski definition) is 2. The molecule has 0 atom stereocenters. The Morgan fingerprint density at radius 1 is 0.793 bits per heavy atom. The van der Waals surface area contributed by atoms with Crippen LogP contribution in [-0.4, -0.2) is 14.3 Å². The van der Waals surface area contributed by atoms with Gasteiger partial charge in [0.1, 0.15) is 0 Å². The molecule has 8 heteroatoms. The first kappa shape index (κ1) is 21.2. The number of aryl methyl sites for hydroxylation is 2. The molecular weight excluding hydrogens is 431 g/mol. The fourth-order valence-electron chi connectivity index (χ4n) is 2.65. The molecule has 0 aliphatic carbocycles. The molecule has 0 aliphatic rings. The second-order valence-corrected chi connectivity index (χ2v) is 9.06. The van der Waals surface area contributed by atoms with E-state index in [-0.39, 0.29) is 10.8 Å². The van der Waals surface area contributed by atoms with E-state index in [0.717, 1.165) is 5.56 Å². The molecule has 0 aliphatic heterocycles. The summed E-state index contributed by atoms with van der Waals surface area (Å²) in [7, 11) is -3.82. The molecule has 3 aromatic rings. The van der Waals surface area contributed by atoms with Gasteiger partial charge in [-0.1, -0.05) is 29.3 Å². The third kappa shape index (κ3) is 5.09. The average molecular weight is 449 g/mol. The molecule has 0 saturated carbocycles. The van der Waals surface area contributed by atoms with Gasteiger partial charge in [-0.2, -0.15) is 0 Å². The highest BCUT2D eigenvalue weighted by molar-refractivity contribution is 7.92. The van der Waals surface area contributed by atoms with Crippen LogP contribution in [0.5, 0.6) is 0 Å². The van der Waals surface area contributed by atoms with E-state index in [0.29, 0.717) is 32.5 Å².